The SMILES string of the molecule is CN1Cc2c(Cl)cc(Cl)cc2[C@H](c2cccc(S(=O)(=O)CCCOCCOCCOCCCC(=O)CCC(CCC(=O)NCCOCCOCCOCCNS(=O)(=O)c3cccc([C@@H]4CN(C)Cc5c(Cl)cc(Cl)cc54)c3)(CCC(=O)NCCOCCOCCOCCNS(=O)(=O)c3cccc([C@@H]4CN(C)Cc5c(Cl)cc(Cl)cc54)c3)NC(=O)c3ccc(-c4ccc(Cl)cc4)cc3)c2)C1. The number of rotatable bonds is 58. The zero-order chi connectivity index (χ0) is 95.6. The third kappa shape index (κ3) is 33.7. The van der Waals surface area contributed by atoms with Gasteiger partial charge in [0.1, 0.15) is 5.78 Å². The van der Waals surface area contributed by atoms with Gasteiger partial charge in [-0.3, -0.25) is 19.2 Å². The molecule has 27 nitrogen and oxygen atoms in total. The van der Waals surface area contributed by atoms with E-state index in [-0.39, 0.29) is 252 Å². The fourth-order valence-electron chi connectivity index (χ4n) is 16.5. The standard InChI is InChI=1S/C97H119Cl7N8O19S3/c1-110-62-85(82-56-75(99)59-91(102)88(82)65-110)71-9-4-13-79(53-71)132(117,118)52-8-35-124-41-47-129-46-40-123-34-7-12-78(113)24-27-97(109-96(116)70-18-16-68(17-19-70)69-20-22-74(98)23-21-69,28-25-94(114)105-30-36-125-42-48-130-50-44-127-38-32-107-133(119,120)80-14-5-10-72(54-80)86-63-111(2)66-89-83(86)57-76(100)60-92(89)103)29-26-95(115)106-31-37-126-43-49-131-51-45-128-39-33-108-134(121,122)81-15-6-11-73(55-81)87-64-112(3)67-90-84(87)58-77(101)61-93(90)104/h4-6,9-11,13-23,53-61,85-87,107-108H,7-8,12,24-52,62-67H2,1-3H3,(H,105,114)(H,106,115)(H,109,116)/t85-,86-,87-/m0/s1. The molecule has 0 aliphatic carbocycles. The number of ether oxygens (including phenoxy) is 9. The molecule has 37 heteroatoms. The molecule has 0 fully saturated rings. The van der Waals surface area contributed by atoms with Crippen molar-refractivity contribution in [2.24, 2.45) is 0 Å². The van der Waals surface area contributed by atoms with Crippen LogP contribution in [0.2, 0.25) is 35.2 Å². The molecule has 0 unspecified atom stereocenters. The maximum absolute atomic E-state index is 14.6. The summed E-state index contributed by atoms with van der Waals surface area (Å²) in [5.74, 6) is -1.82. The fraction of sp³-hybridized carbons (Fsp3) is 0.464. The number of ketones is 1. The van der Waals surface area contributed by atoms with Gasteiger partial charge in [0, 0.05) is 168 Å². The summed E-state index contributed by atoms with van der Waals surface area (Å²) in [6.45, 7) is 7.82. The summed E-state index contributed by atoms with van der Waals surface area (Å²) in [5, 5.41) is 12.8. The third-order valence-corrected chi connectivity index (χ3v) is 30.0. The van der Waals surface area contributed by atoms with E-state index in [0.717, 1.165) is 61.2 Å². The van der Waals surface area contributed by atoms with Crippen LogP contribution in [0.25, 0.3) is 11.1 Å². The number of carbonyl (C=O) groups excluding carboxylic acids is 4. The van der Waals surface area contributed by atoms with Crippen molar-refractivity contribution >= 4 is 135 Å². The van der Waals surface area contributed by atoms with Crippen LogP contribution in [0.3, 0.4) is 0 Å². The molecule has 0 saturated heterocycles. The van der Waals surface area contributed by atoms with E-state index in [9.17, 15) is 44.4 Å². The van der Waals surface area contributed by atoms with Gasteiger partial charge in [-0.1, -0.05) is 142 Å². The molecule has 0 saturated carbocycles. The van der Waals surface area contributed by atoms with Crippen molar-refractivity contribution in [1.82, 2.24) is 40.1 Å². The molecule has 5 N–H and O–H groups in total. The lowest BCUT2D eigenvalue weighted by molar-refractivity contribution is -0.121. The molecule has 3 heterocycles. The normalized spacial score (nSPS) is 15.6. The van der Waals surface area contributed by atoms with Gasteiger partial charge in [0.15, 0.2) is 9.84 Å². The summed E-state index contributed by atoms with van der Waals surface area (Å²) in [6.07, 6.45) is 0.771. The highest BCUT2D eigenvalue weighted by Gasteiger charge is 2.36. The Morgan fingerprint density at radius 3 is 1.10 bits per heavy atom. The quantitative estimate of drug-likeness (QED) is 0.0221. The van der Waals surface area contributed by atoms with E-state index in [1.165, 1.54) is 0 Å². The number of amides is 3. The number of nitrogens with zero attached hydrogens (tertiary/aromatic N) is 3. The number of sulfone groups is 1. The van der Waals surface area contributed by atoms with Gasteiger partial charge >= 0.3 is 0 Å². The second-order valence-electron chi connectivity index (χ2n) is 33.5. The topological polar surface area (TPSA) is 324 Å². The maximum atomic E-state index is 14.6. The van der Waals surface area contributed by atoms with Gasteiger partial charge in [0.05, 0.1) is 126 Å². The molecule has 11 rings (SSSR count). The first-order valence-electron chi connectivity index (χ1n) is 44.9. The van der Waals surface area contributed by atoms with E-state index in [4.69, 9.17) is 124 Å². The van der Waals surface area contributed by atoms with E-state index >= 15 is 0 Å². The molecule has 3 atom stereocenters. The molecule has 0 spiro atoms. The van der Waals surface area contributed by atoms with Gasteiger partial charge in [0.25, 0.3) is 5.91 Å². The predicted molar refractivity (Wildman–Crippen MR) is 523 cm³/mol. The Morgan fingerprint density at radius 1 is 0.366 bits per heavy atom. The lowest BCUT2D eigenvalue weighted by atomic mass is 9.82. The van der Waals surface area contributed by atoms with Crippen LogP contribution in [0.4, 0.5) is 0 Å². The minimum absolute atomic E-state index is 0.00721. The van der Waals surface area contributed by atoms with Crippen molar-refractivity contribution < 1.29 is 87.1 Å². The average molecular weight is 2050 g/mol. The zero-order valence-electron chi connectivity index (χ0n) is 75.6. The van der Waals surface area contributed by atoms with Crippen LogP contribution in [0, 0.1) is 0 Å². The predicted octanol–water partition coefficient (Wildman–Crippen LogP) is 15.0. The van der Waals surface area contributed by atoms with Crippen LogP contribution >= 0.6 is 81.2 Å². The minimum Gasteiger partial charge on any atom is -0.379 e. The van der Waals surface area contributed by atoms with Crippen LogP contribution in [0.15, 0.2) is 172 Å². The van der Waals surface area contributed by atoms with E-state index in [2.05, 4.69) is 40.1 Å². The first kappa shape index (κ1) is 108. The first-order chi connectivity index (χ1) is 64.4. The van der Waals surface area contributed by atoms with Gasteiger partial charge in [-0.05, 0) is 212 Å². The molecule has 3 aliphatic rings. The number of benzene rings is 8. The Balaban J connectivity index is 0.610. The van der Waals surface area contributed by atoms with Crippen molar-refractivity contribution in [1.29, 1.82) is 0 Å². The molecule has 0 bridgehead atoms. The second-order valence-corrected chi connectivity index (χ2v) is 42.1. The summed E-state index contributed by atoms with van der Waals surface area (Å²) >= 11 is 45.2. The Bertz CT molecular complexity index is 5110. The number of likely N-dealkylation sites (N-methyl/N-ethyl adjacent to an activating group) is 3. The van der Waals surface area contributed by atoms with Crippen LogP contribution in [0.1, 0.15) is 136 Å². The summed E-state index contributed by atoms with van der Waals surface area (Å²) < 4.78 is 138. The lowest BCUT2D eigenvalue weighted by Gasteiger charge is -2.35. The Kier molecular flexibility index (Phi) is 43.4. The summed E-state index contributed by atoms with van der Waals surface area (Å²) in [7, 11) is -5.40. The average Bonchev–Trinajstić information content (AvgIpc) is 0.777. The molecule has 8 aromatic rings. The third-order valence-electron chi connectivity index (χ3n) is 23.4. The molecule has 0 aromatic heterocycles. The molecule has 8 aromatic carbocycles. The van der Waals surface area contributed by atoms with E-state index in [1.54, 1.807) is 97.1 Å². The fourth-order valence-corrected chi connectivity index (χ4v) is 21.8. The Morgan fingerprint density at radius 2 is 0.701 bits per heavy atom. The van der Waals surface area contributed by atoms with Gasteiger partial charge in [-0.25, -0.2) is 34.7 Å². The van der Waals surface area contributed by atoms with Crippen LogP contribution in [-0.4, -0.2) is 261 Å². The zero-order valence-corrected chi connectivity index (χ0v) is 83.3. The van der Waals surface area contributed by atoms with Gasteiger partial charge in [-0.15, -0.1) is 0 Å². The van der Waals surface area contributed by atoms with Crippen molar-refractivity contribution in [3.63, 3.8) is 0 Å². The van der Waals surface area contributed by atoms with Gasteiger partial charge < -0.3 is 73.3 Å². The highest BCUT2D eigenvalue weighted by molar-refractivity contribution is 7.91. The van der Waals surface area contributed by atoms with E-state index in [1.807, 2.05) is 81.8 Å². The highest BCUT2D eigenvalue weighted by atomic mass is 35.5. The highest BCUT2D eigenvalue weighted by Crippen LogP contribution is 2.43. The number of sulfonamides is 2. The molecule has 134 heavy (non-hydrogen) atoms. The summed E-state index contributed by atoms with van der Waals surface area (Å²) in [5.41, 5.74) is 9.09. The number of carbonyl (C=O) groups is 4. The number of hydrogen-bond acceptors (Lipinski definition) is 22. The molecule has 3 aliphatic heterocycles. The second kappa shape index (κ2) is 54.1. The van der Waals surface area contributed by atoms with Gasteiger partial charge in [-0.2, -0.15) is 0 Å². The van der Waals surface area contributed by atoms with Crippen LogP contribution < -0.4 is 25.4 Å². The maximum Gasteiger partial charge on any atom is 0.251 e. The molecule has 728 valence electrons. The number of halogens is 7. The van der Waals surface area contributed by atoms with Crippen molar-refractivity contribution in [2.45, 2.75) is 115 Å². The monoisotopic (exact) mass is 2040 g/mol. The first-order valence-corrected chi connectivity index (χ1v) is 52.1. The largest absolute Gasteiger partial charge is 0.379 e. The molecular weight excluding hydrogens is 1930 g/mol. The minimum atomic E-state index is -3.88. The number of Topliss-reactive ketones (excluding diaryl/α,β-unsaturated/α-hetero) is 1. The Labute approximate surface area is 822 Å². The van der Waals surface area contributed by atoms with Crippen molar-refractivity contribution in [2.75, 3.05) is 192 Å². The Hall–Kier alpha value is -6.84. The van der Waals surface area contributed by atoms with Crippen molar-refractivity contribution in [3.05, 3.63) is 249 Å². The smallest absolute Gasteiger partial charge is 0.251 e. The number of hydrogen-bond donors (Lipinski definition) is 5. The van der Waals surface area contributed by atoms with Crippen LogP contribution in [0.5, 0.6) is 0 Å². The van der Waals surface area contributed by atoms with Crippen molar-refractivity contribution in [3.8, 4) is 11.1 Å². The van der Waals surface area contributed by atoms with E-state index < -0.39 is 41.3 Å². The summed E-state index contributed by atoms with van der Waals surface area (Å²) in [4.78, 5) is 63.1. The van der Waals surface area contributed by atoms with Crippen LogP contribution in [-0.2, 0) is 107 Å². The van der Waals surface area contributed by atoms with Gasteiger partial charge in [0.2, 0.25) is 31.9 Å². The lowest BCUT2D eigenvalue weighted by Crippen LogP contribution is -2.50. The van der Waals surface area contributed by atoms with E-state index in [0.29, 0.717) is 86.4 Å². The number of fused-ring (bicyclic) bond motifs is 3. The number of nitrogens with one attached hydrogen (secondary N) is 5. The molecule has 3 amide bonds. The molecular formula is C97H119Cl7N8O19S3. The molecule has 0 radical (unpaired) electrons. The summed E-state index contributed by atoms with van der Waals surface area (Å²) in [6, 6.07) is 45.9.